The van der Waals surface area contributed by atoms with Gasteiger partial charge in [-0.1, -0.05) is 11.6 Å². The van der Waals surface area contributed by atoms with Crippen LogP contribution in [0.1, 0.15) is 26.7 Å². The fraction of sp³-hybridized carbons (Fsp3) is 0.778. The van der Waals surface area contributed by atoms with Crippen molar-refractivity contribution in [1.29, 1.82) is 0 Å². The van der Waals surface area contributed by atoms with Crippen LogP contribution >= 0.6 is 0 Å². The zero-order valence-electron chi connectivity index (χ0n) is 7.30. The highest BCUT2D eigenvalue weighted by molar-refractivity contribution is 4.99. The lowest BCUT2D eigenvalue weighted by Crippen LogP contribution is -2.27. The number of allylic oxidation sites excluding steroid dienone is 1. The summed E-state index contributed by atoms with van der Waals surface area (Å²) in [6.07, 6.45) is 4.14. The van der Waals surface area contributed by atoms with Gasteiger partial charge in [0.25, 0.3) is 0 Å². The minimum Gasteiger partial charge on any atom is -0.388 e. The third-order valence-corrected chi connectivity index (χ3v) is 1.72. The third-order valence-electron chi connectivity index (χ3n) is 1.72. The molecule has 1 rings (SSSR count). The summed E-state index contributed by atoms with van der Waals surface area (Å²) in [5.74, 6) is 0. The highest BCUT2D eigenvalue weighted by Crippen LogP contribution is 2.18. The van der Waals surface area contributed by atoms with Crippen LogP contribution < -0.4 is 5.32 Å². The summed E-state index contributed by atoms with van der Waals surface area (Å²) in [6.45, 7) is 4.70. The van der Waals surface area contributed by atoms with E-state index in [4.69, 9.17) is 0 Å². The molecule has 1 atom stereocenters. The van der Waals surface area contributed by atoms with Crippen molar-refractivity contribution in [2.24, 2.45) is 0 Å². The summed E-state index contributed by atoms with van der Waals surface area (Å²) in [5, 5.41) is 12.6. The van der Waals surface area contributed by atoms with Gasteiger partial charge in [0.2, 0.25) is 0 Å². The Bertz CT molecular complexity index is 146. The van der Waals surface area contributed by atoms with E-state index in [0.717, 1.165) is 0 Å². The second-order valence-corrected chi connectivity index (χ2v) is 3.49. The molecule has 0 spiro atoms. The van der Waals surface area contributed by atoms with Crippen LogP contribution in [-0.2, 0) is 0 Å². The molecule has 0 amide bonds. The first kappa shape index (κ1) is 8.75. The molecule has 0 radical (unpaired) electrons. The largest absolute Gasteiger partial charge is 0.388 e. The maximum Gasteiger partial charge on any atom is 0.0847 e. The number of nitrogens with one attached hydrogen (secondary N) is 1. The minimum absolute atomic E-state index is 0.305. The molecule has 1 fully saturated rings. The molecule has 0 aromatic heterocycles. The van der Waals surface area contributed by atoms with Crippen molar-refractivity contribution in [3.63, 3.8) is 0 Å². The van der Waals surface area contributed by atoms with Crippen molar-refractivity contribution < 1.29 is 5.11 Å². The maximum atomic E-state index is 9.36. The molecule has 0 aliphatic heterocycles. The monoisotopic (exact) mass is 155 g/mol. The van der Waals surface area contributed by atoms with Crippen LogP contribution in [0.5, 0.6) is 0 Å². The molecule has 0 aromatic rings. The lowest BCUT2D eigenvalue weighted by atomic mass is 10.2. The Hall–Kier alpha value is -0.340. The summed E-state index contributed by atoms with van der Waals surface area (Å²) in [6, 6.07) is 0.690. The maximum absolute atomic E-state index is 9.36. The van der Waals surface area contributed by atoms with Crippen molar-refractivity contribution >= 4 is 0 Å². The van der Waals surface area contributed by atoms with Gasteiger partial charge in [-0.25, -0.2) is 0 Å². The Morgan fingerprint density at radius 1 is 1.64 bits per heavy atom. The number of hydrogen-bond donors (Lipinski definition) is 2. The zero-order valence-corrected chi connectivity index (χ0v) is 7.30. The summed E-state index contributed by atoms with van der Waals surface area (Å²) >= 11 is 0. The first-order chi connectivity index (χ1) is 5.18. The number of rotatable bonds is 4. The predicted octanol–water partition coefficient (Wildman–Crippen LogP) is 1.07. The first-order valence-corrected chi connectivity index (χ1v) is 4.25. The van der Waals surface area contributed by atoms with E-state index < -0.39 is 0 Å². The lowest BCUT2D eigenvalue weighted by Gasteiger charge is -2.06. The van der Waals surface area contributed by atoms with E-state index >= 15 is 0 Å². The molecular weight excluding hydrogens is 138 g/mol. The van der Waals surface area contributed by atoms with Crippen LogP contribution in [0.3, 0.4) is 0 Å². The summed E-state index contributed by atoms with van der Waals surface area (Å²) in [5.41, 5.74) is 1.18. The Kier molecular flexibility index (Phi) is 3.09. The van der Waals surface area contributed by atoms with Gasteiger partial charge >= 0.3 is 0 Å². The summed E-state index contributed by atoms with van der Waals surface area (Å²) in [4.78, 5) is 0. The predicted molar refractivity (Wildman–Crippen MR) is 46.5 cm³/mol. The lowest BCUT2D eigenvalue weighted by molar-refractivity contribution is 0.217. The molecule has 0 aromatic carbocycles. The summed E-state index contributed by atoms with van der Waals surface area (Å²) < 4.78 is 0. The molecule has 1 aliphatic carbocycles. The fourth-order valence-electron chi connectivity index (χ4n) is 1.02. The molecule has 2 N–H and O–H groups in total. The van der Waals surface area contributed by atoms with E-state index in [9.17, 15) is 5.11 Å². The second kappa shape index (κ2) is 3.88. The topological polar surface area (TPSA) is 32.3 Å². The van der Waals surface area contributed by atoms with Gasteiger partial charge < -0.3 is 10.4 Å². The third kappa shape index (κ3) is 4.17. The summed E-state index contributed by atoms with van der Waals surface area (Å²) in [7, 11) is 0. The molecule has 2 heteroatoms. The van der Waals surface area contributed by atoms with Crippen molar-refractivity contribution in [2.45, 2.75) is 38.8 Å². The van der Waals surface area contributed by atoms with Crippen LogP contribution in [0.15, 0.2) is 11.6 Å². The second-order valence-electron chi connectivity index (χ2n) is 3.49. The van der Waals surface area contributed by atoms with Gasteiger partial charge in [-0.2, -0.15) is 0 Å². The highest BCUT2D eigenvalue weighted by Gasteiger charge is 2.20. The first-order valence-electron chi connectivity index (χ1n) is 4.25. The number of aliphatic hydroxyl groups excluding tert-OH is 1. The van der Waals surface area contributed by atoms with Gasteiger partial charge in [0, 0.05) is 12.6 Å². The van der Waals surface area contributed by atoms with Crippen LogP contribution in [0.25, 0.3) is 0 Å². The molecule has 64 valence electrons. The van der Waals surface area contributed by atoms with Gasteiger partial charge in [0.05, 0.1) is 6.10 Å². The van der Waals surface area contributed by atoms with Crippen molar-refractivity contribution in [3.05, 3.63) is 11.6 Å². The Labute approximate surface area is 68.3 Å². The highest BCUT2D eigenvalue weighted by atomic mass is 16.3. The van der Waals surface area contributed by atoms with Crippen molar-refractivity contribution in [3.8, 4) is 0 Å². The molecule has 0 heterocycles. The molecule has 11 heavy (non-hydrogen) atoms. The molecule has 0 saturated heterocycles. The van der Waals surface area contributed by atoms with Gasteiger partial charge in [-0.3, -0.25) is 0 Å². The number of aliphatic hydroxyl groups is 1. The van der Waals surface area contributed by atoms with E-state index in [1.54, 1.807) is 0 Å². The number of hydrogen-bond acceptors (Lipinski definition) is 2. The van der Waals surface area contributed by atoms with Gasteiger partial charge in [0.1, 0.15) is 0 Å². The molecule has 1 saturated carbocycles. The van der Waals surface area contributed by atoms with Gasteiger partial charge in [-0.05, 0) is 26.7 Å². The Morgan fingerprint density at radius 3 is 2.73 bits per heavy atom. The van der Waals surface area contributed by atoms with E-state index in [0.29, 0.717) is 12.6 Å². The standard InChI is InChI=1S/C9H17NO/c1-7(2)5-9(11)6-10-8-3-4-8/h5,8-11H,3-4,6H2,1-2H3. The van der Waals surface area contributed by atoms with E-state index in [2.05, 4.69) is 5.32 Å². The van der Waals surface area contributed by atoms with Crippen LogP contribution in [0, 0.1) is 0 Å². The minimum atomic E-state index is -0.305. The average Bonchev–Trinajstić information content (AvgIpc) is 2.63. The van der Waals surface area contributed by atoms with Crippen LogP contribution in [-0.4, -0.2) is 23.8 Å². The van der Waals surface area contributed by atoms with Crippen LogP contribution in [0.4, 0.5) is 0 Å². The molecule has 0 bridgehead atoms. The quantitative estimate of drug-likeness (QED) is 0.595. The van der Waals surface area contributed by atoms with Crippen molar-refractivity contribution in [1.82, 2.24) is 5.32 Å². The molecule has 2 nitrogen and oxygen atoms in total. The van der Waals surface area contributed by atoms with Gasteiger partial charge in [0.15, 0.2) is 0 Å². The van der Waals surface area contributed by atoms with Gasteiger partial charge in [-0.15, -0.1) is 0 Å². The smallest absolute Gasteiger partial charge is 0.0847 e. The van der Waals surface area contributed by atoms with Crippen molar-refractivity contribution in [2.75, 3.05) is 6.54 Å². The molecule has 1 unspecified atom stereocenters. The fourth-order valence-corrected chi connectivity index (χ4v) is 1.02. The van der Waals surface area contributed by atoms with E-state index in [1.807, 2.05) is 19.9 Å². The zero-order chi connectivity index (χ0) is 8.27. The molecular formula is C9H17NO. The SMILES string of the molecule is CC(C)=CC(O)CNC1CC1. The van der Waals surface area contributed by atoms with E-state index in [-0.39, 0.29) is 6.10 Å². The Balaban J connectivity index is 2.08. The Morgan fingerprint density at radius 2 is 2.27 bits per heavy atom. The van der Waals surface area contributed by atoms with E-state index in [1.165, 1.54) is 18.4 Å². The average molecular weight is 155 g/mol. The normalized spacial score (nSPS) is 19.5. The molecule has 1 aliphatic rings. The van der Waals surface area contributed by atoms with Crippen LogP contribution in [0.2, 0.25) is 0 Å².